The predicted octanol–water partition coefficient (Wildman–Crippen LogP) is 4.88. The minimum atomic E-state index is -0.493. The molecule has 2 bridgehead atoms. The van der Waals surface area contributed by atoms with E-state index in [0.29, 0.717) is 17.0 Å². The molecule has 162 valence electrons. The van der Waals surface area contributed by atoms with Crippen molar-refractivity contribution in [1.82, 2.24) is 0 Å². The first kappa shape index (κ1) is 19.7. The molecule has 6 rings (SSSR count). The molecule has 2 aliphatic carbocycles. The van der Waals surface area contributed by atoms with Gasteiger partial charge in [0.2, 0.25) is 11.8 Å². The van der Waals surface area contributed by atoms with Gasteiger partial charge in [-0.05, 0) is 65.8 Å². The predicted molar refractivity (Wildman–Crippen MR) is 123 cm³/mol. The van der Waals surface area contributed by atoms with E-state index in [2.05, 4.69) is 12.2 Å². The molecule has 1 aliphatic heterocycles. The topological polar surface area (TPSA) is 63.7 Å². The summed E-state index contributed by atoms with van der Waals surface area (Å²) in [6.07, 6.45) is 5.05. The van der Waals surface area contributed by atoms with Crippen molar-refractivity contribution in [3.63, 3.8) is 0 Å². The number of allylic oxidation sites excluding steroid dienone is 2. The first-order valence-corrected chi connectivity index (χ1v) is 11.1. The summed E-state index contributed by atoms with van der Waals surface area (Å²) in [5.41, 5.74) is 2.98. The van der Waals surface area contributed by atoms with Crippen molar-refractivity contribution in [2.24, 2.45) is 23.7 Å². The van der Waals surface area contributed by atoms with Crippen molar-refractivity contribution < 1.29 is 19.1 Å². The molecule has 1 saturated carbocycles. The van der Waals surface area contributed by atoms with Gasteiger partial charge in [0.25, 0.3) is 0 Å². The van der Waals surface area contributed by atoms with Crippen LogP contribution in [-0.4, -0.2) is 17.8 Å². The van der Waals surface area contributed by atoms with Gasteiger partial charge in [-0.25, -0.2) is 4.79 Å². The number of imide groups is 1. The summed E-state index contributed by atoms with van der Waals surface area (Å²) in [6.45, 7) is 0. The normalized spacial score (nSPS) is 24.9. The van der Waals surface area contributed by atoms with Crippen LogP contribution in [0.4, 0.5) is 5.69 Å². The van der Waals surface area contributed by atoms with Gasteiger partial charge < -0.3 is 4.74 Å². The molecule has 1 heterocycles. The highest BCUT2D eigenvalue weighted by atomic mass is 16.5. The Bertz CT molecular complexity index is 1250. The molecular formula is C28H21NO4. The summed E-state index contributed by atoms with van der Waals surface area (Å²) in [6, 6.07) is 23.8. The van der Waals surface area contributed by atoms with Gasteiger partial charge in [-0.3, -0.25) is 14.5 Å². The van der Waals surface area contributed by atoms with Crippen molar-refractivity contribution >= 4 is 23.5 Å². The van der Waals surface area contributed by atoms with E-state index in [1.165, 1.54) is 4.90 Å². The maximum Gasteiger partial charge on any atom is 0.343 e. The maximum atomic E-state index is 13.0. The van der Waals surface area contributed by atoms with Gasteiger partial charge >= 0.3 is 5.97 Å². The molecule has 0 aromatic heterocycles. The van der Waals surface area contributed by atoms with E-state index in [9.17, 15) is 14.4 Å². The zero-order valence-corrected chi connectivity index (χ0v) is 17.8. The first-order chi connectivity index (χ1) is 16.1. The highest BCUT2D eigenvalue weighted by Crippen LogP contribution is 2.53. The average molecular weight is 435 g/mol. The molecule has 3 aromatic rings. The van der Waals surface area contributed by atoms with E-state index in [1.807, 2.05) is 42.5 Å². The molecule has 5 heteroatoms. The highest BCUT2D eigenvalue weighted by molar-refractivity contribution is 6.22. The molecule has 4 atom stereocenters. The molecule has 2 amide bonds. The van der Waals surface area contributed by atoms with E-state index < -0.39 is 5.97 Å². The quantitative estimate of drug-likeness (QED) is 0.254. The molecule has 0 spiro atoms. The number of anilines is 1. The number of hydrogen-bond donors (Lipinski definition) is 0. The van der Waals surface area contributed by atoms with Crippen LogP contribution in [0.15, 0.2) is 91.0 Å². The van der Waals surface area contributed by atoms with Crippen LogP contribution in [-0.2, 0) is 9.59 Å². The van der Waals surface area contributed by atoms with E-state index in [-0.39, 0.29) is 35.5 Å². The van der Waals surface area contributed by atoms with Crippen LogP contribution in [0.1, 0.15) is 16.8 Å². The molecular weight excluding hydrogens is 414 g/mol. The molecule has 33 heavy (non-hydrogen) atoms. The van der Waals surface area contributed by atoms with Gasteiger partial charge in [0, 0.05) is 0 Å². The monoisotopic (exact) mass is 435 g/mol. The molecule has 5 nitrogen and oxygen atoms in total. The fourth-order valence-corrected chi connectivity index (χ4v) is 5.42. The summed E-state index contributed by atoms with van der Waals surface area (Å²) < 4.78 is 5.50. The zero-order chi connectivity index (χ0) is 22.5. The van der Waals surface area contributed by atoms with Gasteiger partial charge in [0.15, 0.2) is 0 Å². The Labute approximate surface area is 191 Å². The Hall–Kier alpha value is -3.99. The van der Waals surface area contributed by atoms with Crippen LogP contribution >= 0.6 is 0 Å². The van der Waals surface area contributed by atoms with Crippen LogP contribution in [0.2, 0.25) is 0 Å². The van der Waals surface area contributed by atoms with Gasteiger partial charge in [-0.1, -0.05) is 54.6 Å². The molecule has 3 aromatic carbocycles. The Morgan fingerprint density at radius 1 is 0.727 bits per heavy atom. The second-order valence-corrected chi connectivity index (χ2v) is 8.84. The second kappa shape index (κ2) is 7.55. The number of carbonyl (C=O) groups excluding carboxylic acids is 3. The van der Waals surface area contributed by atoms with Crippen LogP contribution < -0.4 is 9.64 Å². The van der Waals surface area contributed by atoms with Crippen LogP contribution in [0, 0.1) is 23.7 Å². The number of hydrogen-bond acceptors (Lipinski definition) is 4. The van der Waals surface area contributed by atoms with Gasteiger partial charge in [0.05, 0.1) is 23.1 Å². The molecule has 0 N–H and O–H groups in total. The number of esters is 1. The van der Waals surface area contributed by atoms with Gasteiger partial charge in [-0.15, -0.1) is 0 Å². The molecule has 0 unspecified atom stereocenters. The third-order valence-electron chi connectivity index (χ3n) is 7.00. The Balaban J connectivity index is 1.15. The molecule has 1 saturated heterocycles. The van der Waals surface area contributed by atoms with Gasteiger partial charge in [-0.2, -0.15) is 0 Å². The lowest BCUT2D eigenvalue weighted by Gasteiger charge is -2.17. The van der Waals surface area contributed by atoms with E-state index in [1.54, 1.807) is 36.4 Å². The number of benzene rings is 3. The highest BCUT2D eigenvalue weighted by Gasteiger charge is 2.59. The second-order valence-electron chi connectivity index (χ2n) is 8.84. The fourth-order valence-electron chi connectivity index (χ4n) is 5.42. The van der Waals surface area contributed by atoms with Crippen molar-refractivity contribution in [2.75, 3.05) is 4.90 Å². The zero-order valence-electron chi connectivity index (χ0n) is 17.8. The molecule has 3 aliphatic rings. The fraction of sp³-hybridized carbons (Fsp3) is 0.179. The summed E-state index contributed by atoms with van der Waals surface area (Å²) in [4.78, 5) is 39.8. The summed E-state index contributed by atoms with van der Waals surface area (Å²) in [5, 5.41) is 0. The lowest BCUT2D eigenvalue weighted by atomic mass is 9.85. The number of ether oxygens (including phenoxy) is 1. The molecule has 0 radical (unpaired) electrons. The number of amides is 2. The summed E-state index contributed by atoms with van der Waals surface area (Å²) in [5.74, 6) is -0.442. The van der Waals surface area contributed by atoms with Crippen LogP contribution in [0.5, 0.6) is 5.75 Å². The average Bonchev–Trinajstić information content (AvgIpc) is 3.54. The molecule has 2 fully saturated rings. The number of fused-ring (bicyclic) bond motifs is 5. The first-order valence-electron chi connectivity index (χ1n) is 11.1. The Morgan fingerprint density at radius 2 is 1.30 bits per heavy atom. The van der Waals surface area contributed by atoms with E-state index >= 15 is 0 Å². The van der Waals surface area contributed by atoms with Crippen molar-refractivity contribution in [3.05, 3.63) is 96.6 Å². The Kier molecular flexibility index (Phi) is 4.50. The third kappa shape index (κ3) is 3.20. The SMILES string of the molecule is O=C(Oc1ccc(-c2ccccc2)cc1)c1ccc(N2C(=O)[C@@H]3[C@H](C2=O)[C@H]2C=C[C@@H]3C2)cc1. The smallest absolute Gasteiger partial charge is 0.343 e. The lowest BCUT2D eigenvalue weighted by Crippen LogP contribution is -2.32. The summed E-state index contributed by atoms with van der Waals surface area (Å²) >= 11 is 0. The minimum Gasteiger partial charge on any atom is -0.423 e. The van der Waals surface area contributed by atoms with Crippen LogP contribution in [0.25, 0.3) is 11.1 Å². The van der Waals surface area contributed by atoms with Crippen molar-refractivity contribution in [1.29, 1.82) is 0 Å². The van der Waals surface area contributed by atoms with E-state index in [0.717, 1.165) is 17.5 Å². The Morgan fingerprint density at radius 3 is 1.91 bits per heavy atom. The number of nitrogens with zero attached hydrogens (tertiary/aromatic N) is 1. The maximum absolute atomic E-state index is 13.0. The number of carbonyl (C=O) groups is 3. The lowest BCUT2D eigenvalue weighted by molar-refractivity contribution is -0.123. The van der Waals surface area contributed by atoms with Crippen LogP contribution in [0.3, 0.4) is 0 Å². The third-order valence-corrected chi connectivity index (χ3v) is 7.00. The number of rotatable bonds is 4. The summed E-state index contributed by atoms with van der Waals surface area (Å²) in [7, 11) is 0. The van der Waals surface area contributed by atoms with Crippen molar-refractivity contribution in [3.8, 4) is 16.9 Å². The minimum absolute atomic E-state index is 0.129. The largest absolute Gasteiger partial charge is 0.423 e. The standard InChI is InChI=1S/C28H21NO4/c30-26-24-20-6-7-21(16-20)25(24)27(31)29(26)22-12-8-19(9-13-22)28(32)33-23-14-10-18(11-15-23)17-4-2-1-3-5-17/h1-15,20-21,24-25H,16H2/t20-,21+,24+,25-. The van der Waals surface area contributed by atoms with Gasteiger partial charge in [0.1, 0.15) is 5.75 Å². The van der Waals surface area contributed by atoms with Crippen molar-refractivity contribution in [2.45, 2.75) is 6.42 Å². The van der Waals surface area contributed by atoms with E-state index in [4.69, 9.17) is 4.74 Å².